The lowest BCUT2D eigenvalue weighted by Crippen LogP contribution is -2.29. The first-order valence-electron chi connectivity index (χ1n) is 10.6. The summed E-state index contributed by atoms with van der Waals surface area (Å²) in [6.45, 7) is 4.33. The summed E-state index contributed by atoms with van der Waals surface area (Å²) < 4.78 is 4.40. The van der Waals surface area contributed by atoms with Crippen LogP contribution >= 0.6 is 44.1 Å². The molecule has 2 atom stereocenters. The minimum absolute atomic E-state index is 0.0410. The van der Waals surface area contributed by atoms with E-state index >= 15 is 0 Å². The molecule has 2 aromatic carbocycles. The molecule has 2 unspecified atom stereocenters. The lowest BCUT2D eigenvalue weighted by molar-refractivity contribution is 0.565. The molecule has 7 heteroatoms. The largest absolute Gasteiger partial charge is 0.351 e. The van der Waals surface area contributed by atoms with Gasteiger partial charge in [0.1, 0.15) is 0 Å². The number of nitrogens with zero attached hydrogens (tertiary/aromatic N) is 3. The summed E-state index contributed by atoms with van der Waals surface area (Å²) in [6, 6.07) is 24.9. The monoisotopic (exact) mass is 580 g/mol. The second-order valence-corrected chi connectivity index (χ2v) is 10.3. The van der Waals surface area contributed by atoms with Crippen molar-refractivity contribution in [2.45, 2.75) is 25.9 Å². The van der Waals surface area contributed by atoms with Crippen LogP contribution in [0, 0.1) is 13.8 Å². The highest BCUT2D eigenvalue weighted by molar-refractivity contribution is 9.10. The zero-order valence-corrected chi connectivity index (χ0v) is 22.2. The highest BCUT2D eigenvalue weighted by atomic mass is 79.9. The SMILES string of the molecule is Cc1cc(C2C(c3ccccn3)NC(=S)N2c2ccc(Br)cc2)c(C)n1-c1cccc(Br)c1. The van der Waals surface area contributed by atoms with Crippen molar-refractivity contribution in [2.24, 2.45) is 0 Å². The molecule has 1 aliphatic rings. The maximum absolute atomic E-state index is 5.87. The van der Waals surface area contributed by atoms with Gasteiger partial charge in [0.15, 0.2) is 5.11 Å². The van der Waals surface area contributed by atoms with Crippen LogP contribution in [0.3, 0.4) is 0 Å². The second-order valence-electron chi connectivity index (χ2n) is 8.11. The van der Waals surface area contributed by atoms with E-state index in [4.69, 9.17) is 12.2 Å². The molecule has 166 valence electrons. The van der Waals surface area contributed by atoms with Crippen LogP contribution < -0.4 is 10.2 Å². The number of hydrogen-bond donors (Lipinski definition) is 1. The van der Waals surface area contributed by atoms with E-state index in [1.54, 1.807) is 0 Å². The highest BCUT2D eigenvalue weighted by Crippen LogP contribution is 2.44. The van der Waals surface area contributed by atoms with Crippen molar-refractivity contribution in [2.75, 3.05) is 4.90 Å². The Morgan fingerprint density at radius 1 is 0.879 bits per heavy atom. The minimum Gasteiger partial charge on any atom is -0.351 e. The van der Waals surface area contributed by atoms with Crippen LogP contribution in [-0.4, -0.2) is 14.7 Å². The Labute approximate surface area is 215 Å². The molecule has 1 fully saturated rings. The Kier molecular flexibility index (Phi) is 6.12. The zero-order valence-electron chi connectivity index (χ0n) is 18.2. The maximum atomic E-state index is 5.87. The van der Waals surface area contributed by atoms with E-state index in [0.717, 1.165) is 26.0 Å². The number of benzene rings is 2. The Morgan fingerprint density at radius 3 is 2.36 bits per heavy atom. The van der Waals surface area contributed by atoms with Crippen molar-refractivity contribution >= 4 is 54.9 Å². The van der Waals surface area contributed by atoms with Gasteiger partial charge in [-0.1, -0.05) is 44.0 Å². The van der Waals surface area contributed by atoms with Gasteiger partial charge in [0.2, 0.25) is 0 Å². The normalized spacial score (nSPS) is 17.9. The Bertz CT molecular complexity index is 1320. The quantitative estimate of drug-likeness (QED) is 0.259. The predicted octanol–water partition coefficient (Wildman–Crippen LogP) is 7.19. The van der Waals surface area contributed by atoms with E-state index in [2.05, 4.69) is 108 Å². The van der Waals surface area contributed by atoms with Crippen LogP contribution in [0.5, 0.6) is 0 Å². The van der Waals surface area contributed by atoms with Crippen LogP contribution in [0.15, 0.2) is 87.9 Å². The molecule has 5 rings (SSSR count). The van der Waals surface area contributed by atoms with Gasteiger partial charge in [0.25, 0.3) is 0 Å². The van der Waals surface area contributed by atoms with E-state index < -0.39 is 0 Å². The molecule has 0 radical (unpaired) electrons. The number of thiocarbonyl (C=S) groups is 1. The fraction of sp³-hybridized carbons (Fsp3) is 0.154. The van der Waals surface area contributed by atoms with Gasteiger partial charge in [-0.05, 0) is 92.3 Å². The molecule has 0 saturated carbocycles. The molecular formula is C26H22Br2N4S. The third kappa shape index (κ3) is 4.14. The molecule has 0 bridgehead atoms. The summed E-state index contributed by atoms with van der Waals surface area (Å²) in [7, 11) is 0. The summed E-state index contributed by atoms with van der Waals surface area (Å²) in [6.07, 6.45) is 1.84. The van der Waals surface area contributed by atoms with Gasteiger partial charge in [0, 0.05) is 37.9 Å². The minimum atomic E-state index is -0.0705. The Hall–Kier alpha value is -2.48. The first-order valence-corrected chi connectivity index (χ1v) is 12.6. The lowest BCUT2D eigenvalue weighted by atomic mass is 9.96. The third-order valence-electron chi connectivity index (χ3n) is 6.06. The molecule has 4 aromatic rings. The van der Waals surface area contributed by atoms with Crippen LogP contribution in [0.4, 0.5) is 5.69 Å². The average Bonchev–Trinajstić information content (AvgIpc) is 3.30. The highest BCUT2D eigenvalue weighted by Gasteiger charge is 2.42. The van der Waals surface area contributed by atoms with Gasteiger partial charge in [-0.3, -0.25) is 4.98 Å². The third-order valence-corrected chi connectivity index (χ3v) is 7.39. The maximum Gasteiger partial charge on any atom is 0.174 e. The predicted molar refractivity (Wildman–Crippen MR) is 145 cm³/mol. The molecule has 0 amide bonds. The number of rotatable bonds is 4. The molecule has 0 spiro atoms. The van der Waals surface area contributed by atoms with Crippen LogP contribution in [0.2, 0.25) is 0 Å². The van der Waals surface area contributed by atoms with E-state index in [-0.39, 0.29) is 12.1 Å². The van der Waals surface area contributed by atoms with Gasteiger partial charge in [-0.25, -0.2) is 0 Å². The van der Waals surface area contributed by atoms with Crippen molar-refractivity contribution < 1.29 is 0 Å². The molecule has 0 aliphatic carbocycles. The number of nitrogens with one attached hydrogen (secondary N) is 1. The van der Waals surface area contributed by atoms with Gasteiger partial charge in [-0.2, -0.15) is 0 Å². The summed E-state index contributed by atoms with van der Waals surface area (Å²) >= 11 is 13.0. The van der Waals surface area contributed by atoms with Gasteiger partial charge in [-0.15, -0.1) is 0 Å². The number of halogens is 2. The molecule has 33 heavy (non-hydrogen) atoms. The number of aromatic nitrogens is 2. The van der Waals surface area contributed by atoms with E-state index in [0.29, 0.717) is 5.11 Å². The molecule has 1 aliphatic heterocycles. The Balaban J connectivity index is 1.68. The topological polar surface area (TPSA) is 33.1 Å². The summed E-state index contributed by atoms with van der Waals surface area (Å²) in [5.41, 5.74) is 6.73. The fourth-order valence-corrected chi connectivity index (χ4v) is 5.65. The average molecular weight is 582 g/mol. The summed E-state index contributed by atoms with van der Waals surface area (Å²) in [5.74, 6) is 0. The number of anilines is 1. The Morgan fingerprint density at radius 2 is 1.67 bits per heavy atom. The summed E-state index contributed by atoms with van der Waals surface area (Å²) in [4.78, 5) is 6.89. The second kappa shape index (κ2) is 9.05. The van der Waals surface area contributed by atoms with Crippen LogP contribution in [0.25, 0.3) is 5.69 Å². The van der Waals surface area contributed by atoms with Crippen LogP contribution in [0.1, 0.15) is 34.7 Å². The molecular weight excluding hydrogens is 560 g/mol. The van der Waals surface area contributed by atoms with Crippen molar-refractivity contribution in [1.29, 1.82) is 0 Å². The first-order chi connectivity index (χ1) is 15.9. The molecule has 2 aromatic heterocycles. The number of pyridine rings is 1. The number of hydrogen-bond acceptors (Lipinski definition) is 2. The van der Waals surface area contributed by atoms with Gasteiger partial charge < -0.3 is 14.8 Å². The van der Waals surface area contributed by atoms with Crippen molar-refractivity contribution in [3.05, 3.63) is 111 Å². The summed E-state index contributed by atoms with van der Waals surface area (Å²) in [5, 5.41) is 4.25. The van der Waals surface area contributed by atoms with Crippen molar-refractivity contribution in [3.8, 4) is 5.69 Å². The van der Waals surface area contributed by atoms with Crippen molar-refractivity contribution in [1.82, 2.24) is 14.9 Å². The van der Waals surface area contributed by atoms with E-state index in [1.165, 1.54) is 17.0 Å². The standard InChI is InChI=1S/C26H22Br2N4S/c1-16-14-22(17(2)31(16)21-7-5-6-19(28)15-21)25-24(23-8-3-4-13-29-23)30-26(33)32(25)20-11-9-18(27)10-12-20/h3-15,24-25H,1-2H3,(H,30,33). The van der Waals surface area contributed by atoms with E-state index in [1.807, 2.05) is 36.5 Å². The lowest BCUT2D eigenvalue weighted by Gasteiger charge is -2.28. The van der Waals surface area contributed by atoms with Gasteiger partial charge in [0.05, 0.1) is 17.8 Å². The molecule has 4 nitrogen and oxygen atoms in total. The fourth-order valence-electron chi connectivity index (χ4n) is 4.65. The molecule has 1 saturated heterocycles. The molecule has 1 N–H and O–H groups in total. The van der Waals surface area contributed by atoms with Crippen molar-refractivity contribution in [3.63, 3.8) is 0 Å². The van der Waals surface area contributed by atoms with Crippen LogP contribution in [-0.2, 0) is 0 Å². The van der Waals surface area contributed by atoms with Gasteiger partial charge >= 0.3 is 0 Å². The number of aryl methyl sites for hydroxylation is 1. The first kappa shape index (κ1) is 22.3. The molecule has 3 heterocycles. The zero-order chi connectivity index (χ0) is 23.1. The smallest absolute Gasteiger partial charge is 0.174 e. The van der Waals surface area contributed by atoms with E-state index in [9.17, 15) is 0 Å².